The van der Waals surface area contributed by atoms with Gasteiger partial charge in [0, 0.05) is 12.5 Å². The molecule has 0 saturated heterocycles. The lowest BCUT2D eigenvalue weighted by atomic mass is 9.75. The van der Waals surface area contributed by atoms with Gasteiger partial charge in [-0.05, 0) is 41.9 Å². The molecule has 1 atom stereocenters. The summed E-state index contributed by atoms with van der Waals surface area (Å²) in [5.41, 5.74) is 5.76. The van der Waals surface area contributed by atoms with Gasteiger partial charge in [-0.2, -0.15) is 0 Å². The number of nitrogens with two attached hydrogens (primary N) is 1. The quantitative estimate of drug-likeness (QED) is 0.641. The van der Waals surface area contributed by atoms with E-state index in [0.717, 1.165) is 24.7 Å². The van der Waals surface area contributed by atoms with Gasteiger partial charge in [0.05, 0.1) is 6.61 Å². The van der Waals surface area contributed by atoms with Crippen molar-refractivity contribution in [3.05, 3.63) is 29.3 Å². The molecule has 0 aromatic heterocycles. The predicted molar refractivity (Wildman–Crippen MR) is 86.1 cm³/mol. The Morgan fingerprint density at radius 2 is 2.10 bits per heavy atom. The first-order valence-electron chi connectivity index (χ1n) is 8.53. The Morgan fingerprint density at radius 3 is 2.81 bits per heavy atom. The van der Waals surface area contributed by atoms with Gasteiger partial charge in [-0.15, -0.1) is 0 Å². The van der Waals surface area contributed by atoms with E-state index in [1.54, 1.807) is 0 Å². The molecule has 0 spiro atoms. The van der Waals surface area contributed by atoms with Crippen molar-refractivity contribution in [2.75, 3.05) is 6.61 Å². The Kier molecular flexibility index (Phi) is 4.81. The van der Waals surface area contributed by atoms with Gasteiger partial charge in [0.15, 0.2) is 0 Å². The second-order valence-corrected chi connectivity index (χ2v) is 6.68. The SMILES string of the molecule is CCCC1CCC(C(NN)c2ccc3c(c2)CCO3)CC1. The highest BCUT2D eigenvalue weighted by Crippen LogP contribution is 2.39. The maximum atomic E-state index is 5.89. The van der Waals surface area contributed by atoms with E-state index in [2.05, 4.69) is 30.5 Å². The van der Waals surface area contributed by atoms with Crippen molar-refractivity contribution < 1.29 is 4.74 Å². The maximum absolute atomic E-state index is 5.89. The molecule has 1 aromatic carbocycles. The number of ether oxygens (including phenoxy) is 1. The highest BCUT2D eigenvalue weighted by atomic mass is 16.5. The van der Waals surface area contributed by atoms with Crippen LogP contribution in [0.5, 0.6) is 5.75 Å². The molecule has 1 unspecified atom stereocenters. The summed E-state index contributed by atoms with van der Waals surface area (Å²) in [6.45, 7) is 3.12. The molecule has 1 saturated carbocycles. The Morgan fingerprint density at radius 1 is 1.29 bits per heavy atom. The Hall–Kier alpha value is -1.06. The first kappa shape index (κ1) is 14.9. The van der Waals surface area contributed by atoms with Gasteiger partial charge in [0.2, 0.25) is 0 Å². The summed E-state index contributed by atoms with van der Waals surface area (Å²) in [5, 5.41) is 0. The van der Waals surface area contributed by atoms with Crippen LogP contribution in [0.4, 0.5) is 0 Å². The molecule has 1 fully saturated rings. The lowest BCUT2D eigenvalue weighted by Gasteiger charge is -2.34. The minimum atomic E-state index is 0.290. The first-order chi connectivity index (χ1) is 10.3. The third-order valence-corrected chi connectivity index (χ3v) is 5.31. The number of nitrogens with one attached hydrogen (secondary N) is 1. The first-order valence-corrected chi connectivity index (χ1v) is 8.53. The van der Waals surface area contributed by atoms with Gasteiger partial charge in [0.25, 0.3) is 0 Å². The molecule has 0 radical (unpaired) electrons. The van der Waals surface area contributed by atoms with Crippen LogP contribution in [0.15, 0.2) is 18.2 Å². The molecule has 1 heterocycles. The van der Waals surface area contributed by atoms with Crippen molar-refractivity contribution in [3.8, 4) is 5.75 Å². The van der Waals surface area contributed by atoms with E-state index in [1.807, 2.05) is 0 Å². The Balaban J connectivity index is 1.68. The second-order valence-electron chi connectivity index (χ2n) is 6.68. The van der Waals surface area contributed by atoms with Gasteiger partial charge < -0.3 is 4.74 Å². The fraction of sp³-hybridized carbons (Fsp3) is 0.667. The molecule has 1 aliphatic carbocycles. The van der Waals surface area contributed by atoms with Crippen molar-refractivity contribution in [2.45, 2.75) is 57.9 Å². The van der Waals surface area contributed by atoms with E-state index >= 15 is 0 Å². The highest BCUT2D eigenvalue weighted by molar-refractivity contribution is 5.41. The van der Waals surface area contributed by atoms with E-state index in [1.165, 1.54) is 49.7 Å². The molecule has 0 amide bonds. The van der Waals surface area contributed by atoms with E-state index < -0.39 is 0 Å². The summed E-state index contributed by atoms with van der Waals surface area (Å²) in [6, 6.07) is 6.89. The third kappa shape index (κ3) is 3.24. The zero-order valence-electron chi connectivity index (χ0n) is 13.1. The van der Waals surface area contributed by atoms with Crippen LogP contribution in [0.25, 0.3) is 0 Å². The molecule has 1 aromatic rings. The molecule has 1 aliphatic heterocycles. The molecule has 2 aliphatic rings. The van der Waals surface area contributed by atoms with Crippen molar-refractivity contribution in [2.24, 2.45) is 17.7 Å². The number of hydrogen-bond donors (Lipinski definition) is 2. The Labute approximate surface area is 128 Å². The van der Waals surface area contributed by atoms with Crippen molar-refractivity contribution >= 4 is 0 Å². The summed E-state index contributed by atoms with van der Waals surface area (Å²) in [7, 11) is 0. The normalized spacial score (nSPS) is 26.2. The average molecular weight is 288 g/mol. The third-order valence-electron chi connectivity index (χ3n) is 5.31. The molecule has 3 heteroatoms. The number of rotatable bonds is 5. The van der Waals surface area contributed by atoms with Gasteiger partial charge in [-0.3, -0.25) is 11.3 Å². The molecular formula is C18H28N2O. The van der Waals surface area contributed by atoms with Crippen LogP contribution in [0, 0.1) is 11.8 Å². The van der Waals surface area contributed by atoms with Crippen molar-refractivity contribution in [1.29, 1.82) is 0 Å². The minimum Gasteiger partial charge on any atom is -0.493 e. The van der Waals surface area contributed by atoms with Gasteiger partial charge in [0.1, 0.15) is 5.75 Å². The topological polar surface area (TPSA) is 47.3 Å². The van der Waals surface area contributed by atoms with Crippen LogP contribution in [-0.2, 0) is 6.42 Å². The van der Waals surface area contributed by atoms with Gasteiger partial charge in [-0.25, -0.2) is 0 Å². The molecule has 3 rings (SSSR count). The molecule has 0 bridgehead atoms. The summed E-state index contributed by atoms with van der Waals surface area (Å²) >= 11 is 0. The summed E-state index contributed by atoms with van der Waals surface area (Å²) < 4.78 is 5.60. The molecular weight excluding hydrogens is 260 g/mol. The van der Waals surface area contributed by atoms with Crippen LogP contribution in [0.2, 0.25) is 0 Å². The lowest BCUT2D eigenvalue weighted by molar-refractivity contribution is 0.215. The predicted octanol–water partition coefficient (Wildman–Crippen LogP) is 3.73. The summed E-state index contributed by atoms with van der Waals surface area (Å²) in [4.78, 5) is 0. The van der Waals surface area contributed by atoms with Crippen LogP contribution in [0.3, 0.4) is 0 Å². The standard InChI is InChI=1S/C18H28N2O/c1-2-3-13-4-6-14(7-5-13)18(20-19)16-8-9-17-15(12-16)10-11-21-17/h8-9,12-14,18,20H,2-7,10-11,19H2,1H3. The monoisotopic (exact) mass is 288 g/mol. The van der Waals surface area contributed by atoms with Gasteiger partial charge in [-0.1, -0.05) is 44.7 Å². The highest BCUT2D eigenvalue weighted by Gasteiger charge is 2.28. The minimum absolute atomic E-state index is 0.290. The van der Waals surface area contributed by atoms with E-state index in [4.69, 9.17) is 10.6 Å². The van der Waals surface area contributed by atoms with E-state index in [9.17, 15) is 0 Å². The largest absolute Gasteiger partial charge is 0.493 e. The smallest absolute Gasteiger partial charge is 0.122 e. The van der Waals surface area contributed by atoms with Crippen molar-refractivity contribution in [1.82, 2.24) is 5.43 Å². The maximum Gasteiger partial charge on any atom is 0.122 e. The average Bonchev–Trinajstić information content (AvgIpc) is 2.98. The number of fused-ring (bicyclic) bond motifs is 1. The number of hydrazine groups is 1. The number of benzene rings is 1. The lowest BCUT2D eigenvalue weighted by Crippen LogP contribution is -2.35. The summed E-state index contributed by atoms with van der Waals surface area (Å²) in [6.07, 6.45) is 9.07. The zero-order chi connectivity index (χ0) is 14.7. The fourth-order valence-corrected chi connectivity index (χ4v) is 4.12. The fourth-order valence-electron chi connectivity index (χ4n) is 4.12. The molecule has 3 N–H and O–H groups in total. The van der Waals surface area contributed by atoms with Gasteiger partial charge >= 0.3 is 0 Å². The van der Waals surface area contributed by atoms with Crippen LogP contribution < -0.4 is 16.0 Å². The van der Waals surface area contributed by atoms with Crippen molar-refractivity contribution in [3.63, 3.8) is 0 Å². The summed E-state index contributed by atoms with van der Waals surface area (Å²) in [5.74, 6) is 8.56. The van der Waals surface area contributed by atoms with E-state index in [-0.39, 0.29) is 0 Å². The zero-order valence-corrected chi connectivity index (χ0v) is 13.1. The number of hydrogen-bond acceptors (Lipinski definition) is 3. The molecule has 21 heavy (non-hydrogen) atoms. The molecule has 116 valence electrons. The Bertz CT molecular complexity index is 466. The second kappa shape index (κ2) is 6.80. The van der Waals surface area contributed by atoms with Crippen LogP contribution in [0.1, 0.15) is 62.6 Å². The molecule has 3 nitrogen and oxygen atoms in total. The van der Waals surface area contributed by atoms with Crippen LogP contribution >= 0.6 is 0 Å². The van der Waals surface area contributed by atoms with E-state index in [0.29, 0.717) is 12.0 Å². The van der Waals surface area contributed by atoms with Crippen LogP contribution in [-0.4, -0.2) is 6.61 Å².